The Morgan fingerprint density at radius 1 is 0.912 bits per heavy atom. The molecule has 0 aliphatic carbocycles. The van der Waals surface area contributed by atoms with E-state index < -0.39 is 10.0 Å². The fourth-order valence-electron chi connectivity index (χ4n) is 4.19. The van der Waals surface area contributed by atoms with Gasteiger partial charge in [0.15, 0.2) is 0 Å². The average Bonchev–Trinajstić information content (AvgIpc) is 3.21. The third-order valence-corrected chi connectivity index (χ3v) is 8.01. The summed E-state index contributed by atoms with van der Waals surface area (Å²) in [4.78, 5) is 28.7. The fourth-order valence-corrected chi connectivity index (χ4v) is 5.70. The van der Waals surface area contributed by atoms with Gasteiger partial charge in [-0.15, -0.1) is 0 Å². The van der Waals surface area contributed by atoms with Gasteiger partial charge in [0, 0.05) is 45.0 Å². The van der Waals surface area contributed by atoms with Crippen LogP contribution in [0.3, 0.4) is 0 Å². The van der Waals surface area contributed by atoms with Gasteiger partial charge in [0.1, 0.15) is 0 Å². The van der Waals surface area contributed by atoms with E-state index in [1.165, 1.54) is 0 Å². The molecule has 34 heavy (non-hydrogen) atoms. The minimum absolute atomic E-state index is 0.168. The van der Waals surface area contributed by atoms with Gasteiger partial charge >= 0.3 is 6.09 Å². The Hall–Kier alpha value is -2.17. The summed E-state index contributed by atoms with van der Waals surface area (Å²) in [6, 6.07) is 6.39. The summed E-state index contributed by atoms with van der Waals surface area (Å²) in [6.07, 6.45) is 4.38. The molecule has 0 saturated carbocycles. The first-order chi connectivity index (χ1) is 16.3. The maximum Gasteiger partial charge on any atom is 0.409 e. The van der Waals surface area contributed by atoms with Crippen LogP contribution in [0.15, 0.2) is 29.2 Å². The van der Waals surface area contributed by atoms with Gasteiger partial charge in [-0.05, 0) is 49.4 Å². The van der Waals surface area contributed by atoms with Crippen molar-refractivity contribution in [1.29, 1.82) is 0 Å². The van der Waals surface area contributed by atoms with E-state index in [4.69, 9.17) is 4.74 Å². The molecule has 2 fully saturated rings. The fraction of sp³-hybridized carbons (Fsp3) is 0.667. The molecule has 1 aromatic rings. The molecule has 10 heteroatoms. The Labute approximate surface area is 203 Å². The van der Waals surface area contributed by atoms with Gasteiger partial charge in [-0.3, -0.25) is 9.69 Å². The number of hydrogen-bond donors (Lipinski definition) is 1. The van der Waals surface area contributed by atoms with Crippen LogP contribution in [0, 0.1) is 5.92 Å². The number of nitrogens with zero attached hydrogens (tertiary/aromatic N) is 3. The Bertz CT molecular complexity index is 912. The predicted octanol–water partition coefficient (Wildman–Crippen LogP) is 2.99. The first kappa shape index (κ1) is 26.4. The number of nitrogens with one attached hydrogen (secondary N) is 1. The summed E-state index contributed by atoms with van der Waals surface area (Å²) in [6.45, 7) is 8.17. The van der Waals surface area contributed by atoms with Crippen molar-refractivity contribution < 1.29 is 22.7 Å². The first-order valence-corrected chi connectivity index (χ1v) is 13.7. The van der Waals surface area contributed by atoms with E-state index in [0.29, 0.717) is 57.5 Å². The highest BCUT2D eigenvalue weighted by molar-refractivity contribution is 7.89. The molecule has 1 aromatic carbocycles. The molecular formula is C24H38N4O5S. The molecule has 0 unspecified atom stereocenters. The number of sulfonamides is 1. The highest BCUT2D eigenvalue weighted by Gasteiger charge is 2.25. The van der Waals surface area contributed by atoms with Crippen LogP contribution in [-0.4, -0.2) is 86.9 Å². The zero-order valence-electron chi connectivity index (χ0n) is 20.4. The average molecular weight is 495 g/mol. The van der Waals surface area contributed by atoms with Crippen LogP contribution in [0.4, 0.5) is 10.5 Å². The van der Waals surface area contributed by atoms with Crippen LogP contribution in [0.1, 0.15) is 46.0 Å². The molecule has 9 nitrogen and oxygen atoms in total. The second-order valence-corrected chi connectivity index (χ2v) is 11.4. The predicted molar refractivity (Wildman–Crippen MR) is 131 cm³/mol. The normalized spacial score (nSPS) is 18.9. The Kier molecular flexibility index (Phi) is 9.73. The molecule has 0 atom stereocenters. The van der Waals surface area contributed by atoms with Gasteiger partial charge in [0.2, 0.25) is 15.9 Å². The van der Waals surface area contributed by atoms with Gasteiger partial charge in [-0.25, -0.2) is 13.2 Å². The quantitative estimate of drug-likeness (QED) is 0.626. The van der Waals surface area contributed by atoms with Crippen molar-refractivity contribution >= 4 is 27.7 Å². The van der Waals surface area contributed by atoms with Crippen LogP contribution < -0.4 is 5.32 Å². The second kappa shape index (κ2) is 12.5. The molecule has 0 bridgehead atoms. The molecule has 0 spiro atoms. The van der Waals surface area contributed by atoms with Gasteiger partial charge < -0.3 is 15.0 Å². The van der Waals surface area contributed by atoms with Gasteiger partial charge in [-0.2, -0.15) is 4.31 Å². The lowest BCUT2D eigenvalue weighted by Gasteiger charge is -2.22. The van der Waals surface area contributed by atoms with E-state index in [1.807, 2.05) is 18.7 Å². The molecular weight excluding hydrogens is 456 g/mol. The Morgan fingerprint density at radius 3 is 2.24 bits per heavy atom. The number of benzene rings is 1. The maximum absolute atomic E-state index is 12.9. The zero-order chi connectivity index (χ0) is 24.6. The van der Waals surface area contributed by atoms with Crippen molar-refractivity contribution in [3.8, 4) is 0 Å². The van der Waals surface area contributed by atoms with E-state index in [0.717, 1.165) is 32.1 Å². The molecule has 1 N–H and O–H groups in total. The number of hydrogen-bond acceptors (Lipinski definition) is 6. The number of carbonyl (C=O) groups is 2. The van der Waals surface area contributed by atoms with Crippen molar-refractivity contribution in [3.63, 3.8) is 0 Å². The molecule has 2 aliphatic heterocycles. The highest BCUT2D eigenvalue weighted by Crippen LogP contribution is 2.22. The molecule has 2 aliphatic rings. The minimum Gasteiger partial charge on any atom is -0.449 e. The lowest BCUT2D eigenvalue weighted by atomic mass is 10.2. The second-order valence-electron chi connectivity index (χ2n) is 9.48. The summed E-state index contributed by atoms with van der Waals surface area (Å²) in [5.74, 6) is 0.124. The van der Waals surface area contributed by atoms with E-state index in [9.17, 15) is 18.0 Å². The Morgan fingerprint density at radius 2 is 1.59 bits per heavy atom. The summed E-state index contributed by atoms with van der Waals surface area (Å²) in [7, 11) is -3.51. The maximum atomic E-state index is 12.9. The SMILES string of the molecule is CC(C)COC(=O)N1CCCN(CC(=O)Nc2ccc(S(=O)(=O)N3CCCCCC3)cc2)CC1. The lowest BCUT2D eigenvalue weighted by Crippen LogP contribution is -2.38. The van der Waals surface area contributed by atoms with Crippen molar-refractivity contribution in [1.82, 2.24) is 14.1 Å². The third kappa shape index (κ3) is 7.68. The van der Waals surface area contributed by atoms with Crippen molar-refractivity contribution in [3.05, 3.63) is 24.3 Å². The molecule has 0 radical (unpaired) electrons. The van der Waals surface area contributed by atoms with Crippen molar-refractivity contribution in [2.24, 2.45) is 5.92 Å². The zero-order valence-corrected chi connectivity index (χ0v) is 21.2. The highest BCUT2D eigenvalue weighted by atomic mass is 32.2. The number of ether oxygens (including phenoxy) is 1. The van der Waals surface area contributed by atoms with E-state index in [1.54, 1.807) is 33.5 Å². The van der Waals surface area contributed by atoms with Gasteiger partial charge in [-0.1, -0.05) is 26.7 Å². The summed E-state index contributed by atoms with van der Waals surface area (Å²) >= 11 is 0. The molecule has 190 valence electrons. The monoisotopic (exact) mass is 494 g/mol. The summed E-state index contributed by atoms with van der Waals surface area (Å²) in [5, 5.41) is 2.85. The van der Waals surface area contributed by atoms with Crippen LogP contribution in [0.5, 0.6) is 0 Å². The van der Waals surface area contributed by atoms with Crippen LogP contribution in [0.25, 0.3) is 0 Å². The molecule has 2 heterocycles. The topological polar surface area (TPSA) is 99.3 Å². The van der Waals surface area contributed by atoms with Crippen LogP contribution in [-0.2, 0) is 19.6 Å². The Balaban J connectivity index is 1.49. The van der Waals surface area contributed by atoms with Crippen LogP contribution in [0.2, 0.25) is 0 Å². The third-order valence-electron chi connectivity index (χ3n) is 6.09. The van der Waals surface area contributed by atoms with Crippen LogP contribution >= 0.6 is 0 Å². The molecule has 3 rings (SSSR count). The lowest BCUT2D eigenvalue weighted by molar-refractivity contribution is -0.117. The largest absolute Gasteiger partial charge is 0.449 e. The molecule has 2 amide bonds. The van der Waals surface area contributed by atoms with Crippen molar-refractivity contribution in [2.75, 3.05) is 57.7 Å². The number of carbonyl (C=O) groups excluding carboxylic acids is 2. The van der Waals surface area contributed by atoms with E-state index in [-0.39, 0.29) is 23.4 Å². The van der Waals surface area contributed by atoms with Crippen molar-refractivity contribution in [2.45, 2.75) is 50.8 Å². The molecule has 0 aromatic heterocycles. The number of amides is 2. The van der Waals surface area contributed by atoms with E-state index in [2.05, 4.69) is 5.32 Å². The molecule has 2 saturated heterocycles. The van der Waals surface area contributed by atoms with Gasteiger partial charge in [0.05, 0.1) is 18.0 Å². The number of anilines is 1. The summed E-state index contributed by atoms with van der Waals surface area (Å²) < 4.78 is 32.7. The minimum atomic E-state index is -3.51. The van der Waals surface area contributed by atoms with Gasteiger partial charge in [0.25, 0.3) is 0 Å². The summed E-state index contributed by atoms with van der Waals surface area (Å²) in [5.41, 5.74) is 0.563. The number of rotatable bonds is 7. The smallest absolute Gasteiger partial charge is 0.409 e. The van der Waals surface area contributed by atoms with E-state index >= 15 is 0 Å². The standard InChI is InChI=1S/C24H38N4O5S/c1-20(2)19-33-24(30)27-13-7-12-26(16-17-27)18-23(29)25-21-8-10-22(11-9-21)34(31,32)28-14-5-3-4-6-15-28/h8-11,20H,3-7,12-19H2,1-2H3,(H,25,29). The first-order valence-electron chi connectivity index (χ1n) is 12.3.